The van der Waals surface area contributed by atoms with Gasteiger partial charge in [0.2, 0.25) is 0 Å². The predicted molar refractivity (Wildman–Crippen MR) is 85.3 cm³/mol. The molecular formula is C17H16N2O2S. The normalized spacial score (nSPS) is 23.6. The Labute approximate surface area is 132 Å². The van der Waals surface area contributed by atoms with Crippen LogP contribution in [0.2, 0.25) is 0 Å². The summed E-state index contributed by atoms with van der Waals surface area (Å²) in [4.78, 5) is 27.6. The number of fused-ring (bicyclic) bond motifs is 2. The molecule has 4 rings (SSSR count). The summed E-state index contributed by atoms with van der Waals surface area (Å²) >= 11 is 1.70. The topological polar surface area (TPSA) is 49.4 Å². The second kappa shape index (κ2) is 5.04. The molecule has 0 spiro atoms. The van der Waals surface area contributed by atoms with Crippen LogP contribution in [0.15, 0.2) is 35.7 Å². The van der Waals surface area contributed by atoms with Gasteiger partial charge in [-0.2, -0.15) is 0 Å². The average molecular weight is 312 g/mol. The summed E-state index contributed by atoms with van der Waals surface area (Å²) in [7, 11) is 0. The fraction of sp³-hybridized carbons (Fsp3) is 0.294. The molecule has 112 valence electrons. The van der Waals surface area contributed by atoms with E-state index in [2.05, 4.69) is 23.7 Å². The van der Waals surface area contributed by atoms with Gasteiger partial charge in [0.1, 0.15) is 0 Å². The highest BCUT2D eigenvalue weighted by atomic mass is 32.1. The van der Waals surface area contributed by atoms with Gasteiger partial charge in [-0.1, -0.05) is 19.1 Å². The van der Waals surface area contributed by atoms with Gasteiger partial charge in [0.15, 0.2) is 0 Å². The van der Waals surface area contributed by atoms with E-state index in [1.165, 1.54) is 15.3 Å². The third-order valence-corrected chi connectivity index (χ3v) is 5.53. The van der Waals surface area contributed by atoms with Crippen LogP contribution in [0.3, 0.4) is 0 Å². The lowest BCUT2D eigenvalue weighted by Crippen LogP contribution is -2.41. The zero-order valence-electron chi connectivity index (χ0n) is 12.2. The highest BCUT2D eigenvalue weighted by molar-refractivity contribution is 7.10. The van der Waals surface area contributed by atoms with Crippen molar-refractivity contribution in [2.24, 2.45) is 0 Å². The Kier molecular flexibility index (Phi) is 3.13. The molecule has 0 radical (unpaired) electrons. The van der Waals surface area contributed by atoms with E-state index >= 15 is 0 Å². The molecule has 0 bridgehead atoms. The maximum atomic E-state index is 12.5. The number of hydrogen-bond donors (Lipinski definition) is 1. The van der Waals surface area contributed by atoms with Crippen LogP contribution in [0.4, 0.5) is 0 Å². The molecule has 2 amide bonds. The summed E-state index contributed by atoms with van der Waals surface area (Å²) in [6, 6.07) is 9.23. The van der Waals surface area contributed by atoms with Crippen molar-refractivity contribution in [1.82, 2.24) is 10.2 Å². The maximum absolute atomic E-state index is 12.5. The zero-order chi connectivity index (χ0) is 15.3. The molecule has 0 aliphatic carbocycles. The monoisotopic (exact) mass is 312 g/mol. The van der Waals surface area contributed by atoms with Crippen LogP contribution in [0.1, 0.15) is 50.0 Å². The van der Waals surface area contributed by atoms with Gasteiger partial charge in [-0.05, 0) is 35.1 Å². The lowest BCUT2D eigenvalue weighted by Gasteiger charge is -2.30. The third-order valence-electron chi connectivity index (χ3n) is 4.49. The van der Waals surface area contributed by atoms with Crippen LogP contribution in [0.5, 0.6) is 0 Å². The Morgan fingerprint density at radius 1 is 1.18 bits per heavy atom. The van der Waals surface area contributed by atoms with Crippen LogP contribution in [0.25, 0.3) is 0 Å². The number of carbonyl (C=O) groups is 2. The van der Waals surface area contributed by atoms with Gasteiger partial charge in [-0.3, -0.25) is 14.5 Å². The quantitative estimate of drug-likeness (QED) is 0.868. The van der Waals surface area contributed by atoms with Crippen molar-refractivity contribution in [3.05, 3.63) is 57.3 Å². The molecule has 2 aliphatic rings. The number of imide groups is 1. The third kappa shape index (κ3) is 1.93. The molecule has 2 atom stereocenters. The first-order valence-corrected chi connectivity index (χ1v) is 8.30. The van der Waals surface area contributed by atoms with Gasteiger partial charge in [0.25, 0.3) is 11.8 Å². The average Bonchev–Trinajstić information content (AvgIpc) is 3.11. The summed E-state index contributed by atoms with van der Waals surface area (Å²) < 4.78 is 0. The molecule has 1 aromatic carbocycles. The molecule has 22 heavy (non-hydrogen) atoms. The van der Waals surface area contributed by atoms with Crippen LogP contribution >= 0.6 is 11.3 Å². The van der Waals surface area contributed by atoms with Crippen LogP contribution < -0.4 is 5.32 Å². The molecule has 0 fully saturated rings. The molecule has 0 saturated heterocycles. The van der Waals surface area contributed by atoms with Crippen molar-refractivity contribution < 1.29 is 9.59 Å². The Morgan fingerprint density at radius 3 is 2.55 bits per heavy atom. The van der Waals surface area contributed by atoms with E-state index in [0.717, 1.165) is 6.54 Å². The Hall–Kier alpha value is -1.98. The molecule has 1 aromatic heterocycles. The predicted octanol–water partition coefficient (Wildman–Crippen LogP) is 2.79. The van der Waals surface area contributed by atoms with E-state index in [1.807, 2.05) is 0 Å². The first-order valence-electron chi connectivity index (χ1n) is 7.42. The van der Waals surface area contributed by atoms with E-state index in [4.69, 9.17) is 0 Å². The highest BCUT2D eigenvalue weighted by Crippen LogP contribution is 2.35. The Balaban J connectivity index is 1.63. The summed E-state index contributed by atoms with van der Waals surface area (Å²) in [5, 5.41) is 5.56. The maximum Gasteiger partial charge on any atom is 0.261 e. The van der Waals surface area contributed by atoms with Crippen molar-refractivity contribution in [3.63, 3.8) is 0 Å². The lowest BCUT2D eigenvalue weighted by molar-refractivity contribution is 0.0637. The van der Waals surface area contributed by atoms with Crippen molar-refractivity contribution in [2.75, 3.05) is 13.1 Å². The van der Waals surface area contributed by atoms with E-state index in [9.17, 15) is 9.59 Å². The minimum atomic E-state index is -0.181. The molecule has 2 unspecified atom stereocenters. The van der Waals surface area contributed by atoms with Gasteiger partial charge >= 0.3 is 0 Å². The number of thiophene rings is 1. The fourth-order valence-electron chi connectivity index (χ4n) is 3.28. The number of amides is 2. The number of benzene rings is 1. The number of hydrogen-bond acceptors (Lipinski definition) is 4. The summed E-state index contributed by atoms with van der Waals surface area (Å²) in [5.41, 5.74) is 2.37. The number of rotatable bonds is 2. The molecule has 3 heterocycles. The molecule has 5 heteroatoms. The van der Waals surface area contributed by atoms with Gasteiger partial charge in [-0.15, -0.1) is 11.3 Å². The van der Waals surface area contributed by atoms with E-state index in [1.54, 1.807) is 35.6 Å². The smallest absolute Gasteiger partial charge is 0.261 e. The van der Waals surface area contributed by atoms with Crippen molar-refractivity contribution in [3.8, 4) is 0 Å². The Bertz CT molecular complexity index is 733. The molecule has 4 nitrogen and oxygen atoms in total. The van der Waals surface area contributed by atoms with Gasteiger partial charge < -0.3 is 5.32 Å². The van der Waals surface area contributed by atoms with E-state index < -0.39 is 0 Å². The molecule has 2 aromatic rings. The van der Waals surface area contributed by atoms with Crippen molar-refractivity contribution in [1.29, 1.82) is 0 Å². The van der Waals surface area contributed by atoms with E-state index in [0.29, 0.717) is 23.6 Å². The Morgan fingerprint density at radius 2 is 1.86 bits per heavy atom. The van der Waals surface area contributed by atoms with E-state index in [-0.39, 0.29) is 17.9 Å². The second-order valence-corrected chi connectivity index (χ2v) is 6.82. The molecule has 2 aliphatic heterocycles. The SMILES string of the molecule is CC1CNC(CN2C(=O)c3ccccc3C2=O)c2sccc21. The fourth-order valence-corrected chi connectivity index (χ4v) is 4.37. The standard InChI is InChI=1S/C17H16N2O2S/c1-10-8-18-14(15-11(10)6-7-22-15)9-19-16(20)12-4-2-3-5-13(12)17(19)21/h2-7,10,14,18H,8-9H2,1H3. The largest absolute Gasteiger partial charge is 0.307 e. The van der Waals surface area contributed by atoms with Crippen molar-refractivity contribution in [2.45, 2.75) is 18.9 Å². The summed E-state index contributed by atoms with van der Waals surface area (Å²) in [6.07, 6.45) is 0. The minimum absolute atomic E-state index is 0.0356. The zero-order valence-corrected chi connectivity index (χ0v) is 13.0. The number of carbonyl (C=O) groups excluding carboxylic acids is 2. The second-order valence-electron chi connectivity index (χ2n) is 5.87. The lowest BCUT2D eigenvalue weighted by atomic mass is 9.94. The van der Waals surface area contributed by atoms with Gasteiger partial charge in [0, 0.05) is 18.0 Å². The number of nitrogens with zero attached hydrogens (tertiary/aromatic N) is 1. The summed E-state index contributed by atoms with van der Waals surface area (Å²) in [5.74, 6) is 0.109. The van der Waals surface area contributed by atoms with Crippen molar-refractivity contribution >= 4 is 23.2 Å². The van der Waals surface area contributed by atoms with Gasteiger partial charge in [-0.25, -0.2) is 0 Å². The van der Waals surface area contributed by atoms with Crippen LogP contribution in [0, 0.1) is 0 Å². The summed E-state index contributed by atoms with van der Waals surface area (Å²) in [6.45, 7) is 3.46. The highest BCUT2D eigenvalue weighted by Gasteiger charge is 2.38. The first-order chi connectivity index (χ1) is 10.7. The van der Waals surface area contributed by atoms with Crippen LogP contribution in [-0.4, -0.2) is 29.8 Å². The van der Waals surface area contributed by atoms with Crippen LogP contribution in [-0.2, 0) is 0 Å². The van der Waals surface area contributed by atoms with Gasteiger partial charge in [0.05, 0.1) is 17.2 Å². The molecule has 1 N–H and O–H groups in total. The number of nitrogens with one attached hydrogen (secondary N) is 1. The molecular weight excluding hydrogens is 296 g/mol. The molecule has 0 saturated carbocycles. The minimum Gasteiger partial charge on any atom is -0.307 e. The first kappa shape index (κ1) is 13.7.